The van der Waals surface area contributed by atoms with Gasteiger partial charge in [0.25, 0.3) is 0 Å². The summed E-state index contributed by atoms with van der Waals surface area (Å²) in [4.78, 5) is 0. The van der Waals surface area contributed by atoms with Crippen molar-refractivity contribution in [1.29, 1.82) is 0 Å². The molecule has 65 valence electrons. The van der Waals surface area contributed by atoms with Gasteiger partial charge in [-0.05, 0) is 0 Å². The van der Waals surface area contributed by atoms with Gasteiger partial charge in [-0.3, -0.25) is 0 Å². The number of hydrogen-bond acceptors (Lipinski definition) is 0. The second kappa shape index (κ2) is 6.19. The van der Waals surface area contributed by atoms with E-state index >= 15 is 0 Å². The van der Waals surface area contributed by atoms with Crippen molar-refractivity contribution in [3.63, 3.8) is 0 Å². The fourth-order valence-electron chi connectivity index (χ4n) is 0.452. The quantitative estimate of drug-likeness (QED) is 0.536. The molecule has 0 fully saturated rings. The molecule has 0 spiro atoms. The van der Waals surface area contributed by atoms with Gasteiger partial charge in [0, 0.05) is 0 Å². The van der Waals surface area contributed by atoms with E-state index in [1.165, 1.54) is 13.9 Å². The summed E-state index contributed by atoms with van der Waals surface area (Å²) in [6.07, 6.45) is 0. The summed E-state index contributed by atoms with van der Waals surface area (Å²) < 4.78 is 3.78. The molecule has 0 heterocycles. The van der Waals surface area contributed by atoms with E-state index in [1.807, 2.05) is 0 Å². The summed E-state index contributed by atoms with van der Waals surface area (Å²) in [5, 5.41) is 0. The molecule has 0 saturated carbocycles. The van der Waals surface area contributed by atoms with Crippen LogP contribution in [0.5, 0.6) is 0 Å². The first-order valence-corrected chi connectivity index (χ1v) is 10.2. The maximum atomic E-state index is 6.27. The van der Waals surface area contributed by atoms with Gasteiger partial charge in [-0.1, -0.05) is 0 Å². The maximum Gasteiger partial charge on any atom is -0.153 e. The smallest absolute Gasteiger partial charge is 0.153 e. The van der Waals surface area contributed by atoms with Gasteiger partial charge in [0.1, 0.15) is 0 Å². The van der Waals surface area contributed by atoms with E-state index in [9.17, 15) is 0 Å². The average molecular weight is 354 g/mol. The molecule has 0 N–H and O–H groups in total. The molecule has 1 unspecified atom stereocenters. The van der Waals surface area contributed by atoms with E-state index < -0.39 is 16.0 Å². The Hall–Kier alpha value is 1.46. The number of hydrogen-bond donors (Lipinski definition) is 0. The Labute approximate surface area is 69.7 Å². The molecule has 0 aromatic heterocycles. The van der Waals surface area contributed by atoms with Crippen molar-refractivity contribution in [2.24, 2.45) is 0 Å². The second-order valence-electron chi connectivity index (χ2n) is 1.33. The SMILES string of the molecule is C[CH2][Au]([Cl])([CH2]C)[CH2]C.P. The predicted octanol–water partition coefficient (Wildman–Crippen LogP) is 3.67. The van der Waals surface area contributed by atoms with Crippen LogP contribution in [0.4, 0.5) is 0 Å². The molecular formula is C6H18AuClP. The summed E-state index contributed by atoms with van der Waals surface area (Å²) >= 11 is -1.52. The fraction of sp³-hybridized carbons (Fsp3) is 1.00. The molecule has 0 radical (unpaired) electrons. The van der Waals surface area contributed by atoms with Crippen LogP contribution in [-0.2, 0) is 16.0 Å². The molecule has 0 aliphatic carbocycles. The van der Waals surface area contributed by atoms with Crippen LogP contribution in [-0.4, -0.2) is 0 Å². The van der Waals surface area contributed by atoms with E-state index in [0.29, 0.717) is 0 Å². The Bertz CT molecular complexity index is 55.8. The van der Waals surface area contributed by atoms with E-state index in [-0.39, 0.29) is 9.90 Å². The Morgan fingerprint density at radius 1 is 1.00 bits per heavy atom. The third-order valence-corrected chi connectivity index (χ3v) is 13.3. The van der Waals surface area contributed by atoms with Crippen LogP contribution in [0.3, 0.4) is 0 Å². The molecule has 9 heavy (non-hydrogen) atoms. The first-order chi connectivity index (χ1) is 3.68. The monoisotopic (exact) mass is 353 g/mol. The molecule has 0 amide bonds. The Morgan fingerprint density at radius 2 is 1.22 bits per heavy atom. The summed E-state index contributed by atoms with van der Waals surface area (Å²) in [6, 6.07) is 0. The van der Waals surface area contributed by atoms with E-state index in [2.05, 4.69) is 20.8 Å². The maximum absolute atomic E-state index is 6.27. The van der Waals surface area contributed by atoms with Gasteiger partial charge in [0.2, 0.25) is 0 Å². The summed E-state index contributed by atoms with van der Waals surface area (Å²) in [6.45, 7) is 6.65. The zero-order chi connectivity index (χ0) is 6.62. The molecule has 0 rings (SSSR count). The molecule has 0 nitrogen and oxygen atoms in total. The number of rotatable bonds is 3. The third kappa shape index (κ3) is 4.81. The minimum absolute atomic E-state index is 0. The van der Waals surface area contributed by atoms with Crippen LogP contribution in [0.25, 0.3) is 0 Å². The van der Waals surface area contributed by atoms with Crippen molar-refractivity contribution in [1.82, 2.24) is 0 Å². The van der Waals surface area contributed by atoms with E-state index in [4.69, 9.17) is 9.19 Å². The third-order valence-electron chi connectivity index (χ3n) is 1.15. The van der Waals surface area contributed by atoms with Crippen LogP contribution in [0.1, 0.15) is 20.8 Å². The first kappa shape index (κ1) is 13.1. The van der Waals surface area contributed by atoms with Gasteiger partial charge in [-0.15, -0.1) is 0 Å². The van der Waals surface area contributed by atoms with Crippen LogP contribution in [0.2, 0.25) is 13.9 Å². The molecule has 0 aliphatic heterocycles. The molecule has 3 heteroatoms. The predicted molar refractivity (Wildman–Crippen MR) is 48.4 cm³/mol. The molecule has 0 aromatic rings. The average Bonchev–Trinajstić information content (AvgIpc) is 1.87. The minimum atomic E-state index is -1.52. The van der Waals surface area contributed by atoms with Gasteiger partial charge in [0.05, 0.1) is 0 Å². The van der Waals surface area contributed by atoms with Crippen LogP contribution in [0, 0.1) is 0 Å². The molecular weight excluding hydrogens is 335 g/mol. The summed E-state index contributed by atoms with van der Waals surface area (Å²) in [7, 11) is 6.27. The van der Waals surface area contributed by atoms with Gasteiger partial charge in [-0.2, -0.15) is 9.90 Å². The van der Waals surface area contributed by atoms with Gasteiger partial charge in [-0.25, -0.2) is 0 Å². The summed E-state index contributed by atoms with van der Waals surface area (Å²) in [5.41, 5.74) is 0. The van der Waals surface area contributed by atoms with Crippen molar-refractivity contribution in [3.05, 3.63) is 0 Å². The van der Waals surface area contributed by atoms with Gasteiger partial charge in [0.15, 0.2) is 0 Å². The molecule has 0 bridgehead atoms. The standard InChI is InChI=1S/3C2H5.Au.ClH.H3P/c3*1-2;;;/h3*1H2,2H3;;1H;1H3/q;;;+1;;/p-1. The topological polar surface area (TPSA) is 0 Å². The molecule has 0 aliphatic rings. The number of halogens is 1. The van der Waals surface area contributed by atoms with Crippen molar-refractivity contribution in [2.45, 2.75) is 34.7 Å². The fourth-order valence-corrected chi connectivity index (χ4v) is 3.70. The van der Waals surface area contributed by atoms with Crippen LogP contribution < -0.4 is 0 Å². The molecule has 1 atom stereocenters. The van der Waals surface area contributed by atoms with Gasteiger partial charge >= 0.3 is 59.9 Å². The normalized spacial score (nSPS) is 12.4. The minimum Gasteiger partial charge on any atom is -0.153 e. The largest absolute Gasteiger partial charge is 0.153 e. The summed E-state index contributed by atoms with van der Waals surface area (Å²) in [5.74, 6) is 0. The van der Waals surface area contributed by atoms with Crippen molar-refractivity contribution >= 4 is 19.1 Å². The first-order valence-electron chi connectivity index (χ1n) is 2.87. The molecule has 0 aromatic carbocycles. The Kier molecular flexibility index (Phi) is 8.99. The van der Waals surface area contributed by atoms with Crippen molar-refractivity contribution in [3.8, 4) is 0 Å². The van der Waals surface area contributed by atoms with Gasteiger partial charge < -0.3 is 0 Å². The molecule has 0 saturated heterocycles. The van der Waals surface area contributed by atoms with E-state index in [0.717, 1.165) is 0 Å². The van der Waals surface area contributed by atoms with Crippen LogP contribution in [0.15, 0.2) is 0 Å². The Morgan fingerprint density at radius 3 is 1.22 bits per heavy atom. The van der Waals surface area contributed by atoms with Crippen LogP contribution >= 0.6 is 19.1 Å². The second-order valence-corrected chi connectivity index (χ2v) is 14.9. The van der Waals surface area contributed by atoms with Crippen molar-refractivity contribution < 1.29 is 16.0 Å². The van der Waals surface area contributed by atoms with Crippen molar-refractivity contribution in [2.75, 3.05) is 0 Å². The zero-order valence-electron chi connectivity index (χ0n) is 6.51. The van der Waals surface area contributed by atoms with E-state index in [1.54, 1.807) is 0 Å². The zero-order valence-corrected chi connectivity index (χ0v) is 10.8. The Balaban J connectivity index is 0.